The quantitative estimate of drug-likeness (QED) is 0.610. The Kier molecular flexibility index (Phi) is 3.65. The number of hydrogen-bond donors (Lipinski definition) is 3. The summed E-state index contributed by atoms with van der Waals surface area (Å²) in [6.07, 6.45) is 3.69. The van der Waals surface area contributed by atoms with E-state index in [1.807, 2.05) is 13.2 Å². The molecule has 0 spiro atoms. The SMILES string of the molecule is Cn1cc([C@@H]2CN(C(=O)c3ccc4[nH]c(=O)[nH]c4n3)C[C@H]2CO)cn1. The van der Waals surface area contributed by atoms with E-state index in [0.29, 0.717) is 24.3 Å². The summed E-state index contributed by atoms with van der Waals surface area (Å²) in [7, 11) is 1.84. The van der Waals surface area contributed by atoms with Crippen molar-refractivity contribution in [2.24, 2.45) is 13.0 Å². The maximum Gasteiger partial charge on any atom is 0.325 e. The number of aryl methyl sites for hydroxylation is 1. The molecule has 9 heteroatoms. The number of imidazole rings is 1. The average Bonchev–Trinajstić information content (AvgIpc) is 3.29. The number of rotatable bonds is 3. The van der Waals surface area contributed by atoms with Crippen LogP contribution in [-0.4, -0.2) is 60.3 Å². The van der Waals surface area contributed by atoms with Crippen LogP contribution in [0.1, 0.15) is 22.0 Å². The van der Waals surface area contributed by atoms with Crippen LogP contribution < -0.4 is 5.69 Å². The van der Waals surface area contributed by atoms with Gasteiger partial charge in [0, 0.05) is 44.8 Å². The van der Waals surface area contributed by atoms with Crippen LogP contribution in [0.5, 0.6) is 0 Å². The van der Waals surface area contributed by atoms with Crippen molar-refractivity contribution in [1.82, 2.24) is 29.6 Å². The molecule has 3 aromatic rings. The predicted octanol–water partition coefficient (Wildman–Crippen LogP) is -0.167. The topological polar surface area (TPSA) is 120 Å². The van der Waals surface area contributed by atoms with Crippen molar-refractivity contribution in [3.63, 3.8) is 0 Å². The summed E-state index contributed by atoms with van der Waals surface area (Å²) < 4.78 is 1.71. The van der Waals surface area contributed by atoms with Crippen LogP contribution in [0.3, 0.4) is 0 Å². The molecule has 1 aliphatic rings. The van der Waals surface area contributed by atoms with E-state index in [4.69, 9.17) is 0 Å². The number of H-pyrrole nitrogens is 2. The van der Waals surface area contributed by atoms with Gasteiger partial charge in [-0.1, -0.05) is 0 Å². The highest BCUT2D eigenvalue weighted by Gasteiger charge is 2.37. The summed E-state index contributed by atoms with van der Waals surface area (Å²) in [6.45, 7) is 0.957. The molecule has 1 aliphatic heterocycles. The number of fused-ring (bicyclic) bond motifs is 1. The van der Waals surface area contributed by atoms with Crippen LogP contribution in [-0.2, 0) is 7.05 Å². The molecule has 0 radical (unpaired) electrons. The predicted molar refractivity (Wildman–Crippen MR) is 89.1 cm³/mol. The minimum atomic E-state index is -0.356. The highest BCUT2D eigenvalue weighted by Crippen LogP contribution is 2.32. The fourth-order valence-electron chi connectivity index (χ4n) is 3.43. The second-order valence-electron chi connectivity index (χ2n) is 6.38. The molecule has 0 unspecified atom stereocenters. The zero-order valence-electron chi connectivity index (χ0n) is 13.6. The van der Waals surface area contributed by atoms with Crippen LogP contribution >= 0.6 is 0 Å². The van der Waals surface area contributed by atoms with E-state index >= 15 is 0 Å². The second kappa shape index (κ2) is 5.85. The zero-order chi connectivity index (χ0) is 17.6. The largest absolute Gasteiger partial charge is 0.396 e. The van der Waals surface area contributed by atoms with Crippen molar-refractivity contribution in [1.29, 1.82) is 0 Å². The van der Waals surface area contributed by atoms with Crippen molar-refractivity contribution >= 4 is 17.1 Å². The van der Waals surface area contributed by atoms with E-state index in [9.17, 15) is 14.7 Å². The number of carbonyl (C=O) groups excluding carboxylic acids is 1. The lowest BCUT2D eigenvalue weighted by molar-refractivity contribution is 0.0776. The van der Waals surface area contributed by atoms with Gasteiger partial charge in [-0.2, -0.15) is 5.10 Å². The molecule has 1 amide bonds. The maximum absolute atomic E-state index is 12.8. The second-order valence-corrected chi connectivity index (χ2v) is 6.38. The van der Waals surface area contributed by atoms with Gasteiger partial charge in [0.05, 0.1) is 11.7 Å². The monoisotopic (exact) mass is 342 g/mol. The van der Waals surface area contributed by atoms with Gasteiger partial charge >= 0.3 is 5.69 Å². The molecular formula is C16H18N6O3. The summed E-state index contributed by atoms with van der Waals surface area (Å²) in [4.78, 5) is 35.2. The molecule has 2 atom stereocenters. The summed E-state index contributed by atoms with van der Waals surface area (Å²) in [6, 6.07) is 3.26. The van der Waals surface area contributed by atoms with Gasteiger partial charge in [-0.15, -0.1) is 0 Å². The van der Waals surface area contributed by atoms with Crippen molar-refractivity contribution in [3.8, 4) is 0 Å². The molecule has 3 N–H and O–H groups in total. The average molecular weight is 342 g/mol. The Bertz CT molecular complexity index is 987. The van der Waals surface area contributed by atoms with E-state index < -0.39 is 0 Å². The molecular weight excluding hydrogens is 324 g/mol. The number of aromatic nitrogens is 5. The Morgan fingerprint density at radius 3 is 2.92 bits per heavy atom. The molecule has 0 bridgehead atoms. The van der Waals surface area contributed by atoms with E-state index in [2.05, 4.69) is 20.1 Å². The molecule has 25 heavy (non-hydrogen) atoms. The van der Waals surface area contributed by atoms with Gasteiger partial charge in [0.1, 0.15) is 5.69 Å². The molecule has 1 saturated heterocycles. The lowest BCUT2D eigenvalue weighted by Gasteiger charge is -2.15. The third kappa shape index (κ3) is 2.72. The molecule has 9 nitrogen and oxygen atoms in total. The molecule has 0 aliphatic carbocycles. The number of amides is 1. The third-order valence-corrected chi connectivity index (χ3v) is 4.71. The van der Waals surface area contributed by atoms with Crippen molar-refractivity contribution in [3.05, 3.63) is 46.3 Å². The van der Waals surface area contributed by atoms with Crippen LogP contribution in [0.25, 0.3) is 11.2 Å². The summed E-state index contributed by atoms with van der Waals surface area (Å²) in [5, 5.41) is 13.9. The fourth-order valence-corrected chi connectivity index (χ4v) is 3.43. The minimum absolute atomic E-state index is 0.000927. The van der Waals surface area contributed by atoms with Crippen LogP contribution in [0.15, 0.2) is 29.3 Å². The number of aromatic amines is 2. The van der Waals surface area contributed by atoms with Crippen LogP contribution in [0, 0.1) is 5.92 Å². The van der Waals surface area contributed by atoms with Crippen LogP contribution in [0.4, 0.5) is 0 Å². The summed E-state index contributed by atoms with van der Waals surface area (Å²) >= 11 is 0. The highest BCUT2D eigenvalue weighted by atomic mass is 16.3. The molecule has 1 fully saturated rings. The Hall–Kier alpha value is -2.94. The van der Waals surface area contributed by atoms with E-state index in [0.717, 1.165) is 5.56 Å². The first-order chi connectivity index (χ1) is 12.0. The van der Waals surface area contributed by atoms with E-state index in [1.165, 1.54) is 0 Å². The lowest BCUT2D eigenvalue weighted by Crippen LogP contribution is -2.30. The van der Waals surface area contributed by atoms with Gasteiger partial charge in [0.15, 0.2) is 5.65 Å². The molecule has 3 aromatic heterocycles. The third-order valence-electron chi connectivity index (χ3n) is 4.71. The number of nitrogens with zero attached hydrogens (tertiary/aromatic N) is 4. The lowest BCUT2D eigenvalue weighted by atomic mass is 9.92. The van der Waals surface area contributed by atoms with Crippen molar-refractivity contribution < 1.29 is 9.90 Å². The number of likely N-dealkylation sites (tertiary alicyclic amines) is 1. The first kappa shape index (κ1) is 15.6. The van der Waals surface area contributed by atoms with Crippen molar-refractivity contribution in [2.75, 3.05) is 19.7 Å². The highest BCUT2D eigenvalue weighted by molar-refractivity contribution is 5.94. The Morgan fingerprint density at radius 2 is 2.20 bits per heavy atom. The fraction of sp³-hybridized carbons (Fsp3) is 0.375. The Morgan fingerprint density at radius 1 is 1.36 bits per heavy atom. The smallest absolute Gasteiger partial charge is 0.325 e. The van der Waals surface area contributed by atoms with Gasteiger partial charge in [0.25, 0.3) is 5.91 Å². The number of hydrogen-bond acceptors (Lipinski definition) is 5. The summed E-state index contributed by atoms with van der Waals surface area (Å²) in [5.41, 5.74) is 1.84. The zero-order valence-corrected chi connectivity index (χ0v) is 13.6. The molecule has 0 aromatic carbocycles. The molecule has 4 rings (SSSR count). The Labute approximate surface area is 142 Å². The van der Waals surface area contributed by atoms with Gasteiger partial charge in [-0.25, -0.2) is 9.78 Å². The van der Waals surface area contributed by atoms with Crippen LogP contribution in [0.2, 0.25) is 0 Å². The number of nitrogens with one attached hydrogen (secondary N) is 2. The number of pyridine rings is 1. The number of aliphatic hydroxyl groups is 1. The Balaban J connectivity index is 1.60. The van der Waals surface area contributed by atoms with Gasteiger partial charge in [-0.05, 0) is 17.7 Å². The van der Waals surface area contributed by atoms with Gasteiger partial charge in [-0.3, -0.25) is 14.5 Å². The van der Waals surface area contributed by atoms with Crippen molar-refractivity contribution in [2.45, 2.75) is 5.92 Å². The first-order valence-electron chi connectivity index (χ1n) is 8.03. The van der Waals surface area contributed by atoms with Gasteiger partial charge < -0.3 is 15.0 Å². The number of carbonyl (C=O) groups is 1. The molecule has 130 valence electrons. The molecule has 4 heterocycles. The van der Waals surface area contributed by atoms with E-state index in [1.54, 1.807) is 27.9 Å². The van der Waals surface area contributed by atoms with E-state index in [-0.39, 0.29) is 35.7 Å². The normalized spacial score (nSPS) is 20.5. The first-order valence-corrected chi connectivity index (χ1v) is 8.03. The van der Waals surface area contributed by atoms with Gasteiger partial charge in [0.2, 0.25) is 0 Å². The summed E-state index contributed by atoms with van der Waals surface area (Å²) in [5.74, 6) is -0.212. The number of aliphatic hydroxyl groups excluding tert-OH is 1. The maximum atomic E-state index is 12.8. The minimum Gasteiger partial charge on any atom is -0.396 e. The molecule has 0 saturated carbocycles. The standard InChI is InChI=1S/C16H18N6O3/c1-21-5-9(4-17-21)11-7-22(6-10(11)8-23)15(24)13-3-2-12-14(18-13)20-16(25)19-12/h2-5,10-11,23H,6-8H2,1H3,(H2,18,19,20,25)/t10-,11-/m0/s1.